The molecule has 1 atom stereocenters. The van der Waals surface area contributed by atoms with Crippen molar-refractivity contribution in [2.75, 3.05) is 0 Å². The highest BCUT2D eigenvalue weighted by molar-refractivity contribution is 9.10. The van der Waals surface area contributed by atoms with Gasteiger partial charge in [0.1, 0.15) is 23.7 Å². The van der Waals surface area contributed by atoms with Crippen LogP contribution in [-0.4, -0.2) is 21.7 Å². The molecule has 0 aliphatic heterocycles. The van der Waals surface area contributed by atoms with Crippen molar-refractivity contribution in [1.82, 2.24) is 15.0 Å². The first-order valence-corrected chi connectivity index (χ1v) is 13.4. The number of hydrogen-bond acceptors (Lipinski definition) is 6. The second-order valence-electron chi connectivity index (χ2n) is 8.96. The van der Waals surface area contributed by atoms with Crippen LogP contribution in [0, 0.1) is 5.92 Å². The van der Waals surface area contributed by atoms with Crippen molar-refractivity contribution in [2.45, 2.75) is 39.3 Å². The summed E-state index contributed by atoms with van der Waals surface area (Å²) in [4.78, 5) is 32.2. The Morgan fingerprint density at radius 2 is 2.14 bits per heavy atom. The summed E-state index contributed by atoms with van der Waals surface area (Å²) >= 11 is 5.06. The van der Waals surface area contributed by atoms with Crippen molar-refractivity contribution in [2.24, 2.45) is 11.0 Å². The van der Waals surface area contributed by atoms with E-state index in [2.05, 4.69) is 38.4 Å². The fraction of sp³-hybridized carbons (Fsp3) is 0.259. The van der Waals surface area contributed by atoms with E-state index < -0.39 is 5.91 Å². The van der Waals surface area contributed by atoms with Gasteiger partial charge in [-0.15, -0.1) is 11.3 Å². The summed E-state index contributed by atoms with van der Waals surface area (Å²) in [5, 5.41) is 4.76. The number of thiophene rings is 1. The molecule has 0 saturated heterocycles. The molecule has 5 rings (SSSR count). The molecule has 9 heteroatoms. The van der Waals surface area contributed by atoms with E-state index in [4.69, 9.17) is 4.74 Å². The third-order valence-corrected chi connectivity index (χ3v) is 7.85. The molecule has 0 fully saturated rings. The molecule has 1 amide bonds. The zero-order chi connectivity index (χ0) is 25.1. The van der Waals surface area contributed by atoms with Crippen LogP contribution in [0.25, 0.3) is 10.2 Å². The number of rotatable bonds is 7. The molecule has 7 nitrogen and oxygen atoms in total. The Kier molecular flexibility index (Phi) is 7.29. The number of nitrogens with one attached hydrogen (secondary N) is 1. The van der Waals surface area contributed by atoms with Gasteiger partial charge in [-0.3, -0.25) is 14.2 Å². The summed E-state index contributed by atoms with van der Waals surface area (Å²) in [6.45, 7) is 2.49. The fourth-order valence-corrected chi connectivity index (χ4v) is 6.05. The van der Waals surface area contributed by atoms with Gasteiger partial charge in [0.05, 0.1) is 17.9 Å². The van der Waals surface area contributed by atoms with Crippen molar-refractivity contribution in [3.05, 3.63) is 91.3 Å². The Bertz CT molecular complexity index is 1500. The van der Waals surface area contributed by atoms with E-state index in [1.165, 1.54) is 22.0 Å². The first-order valence-electron chi connectivity index (χ1n) is 11.8. The number of aryl methyl sites for hydroxylation is 1. The number of ether oxygens (including phenoxy) is 1. The first kappa shape index (κ1) is 24.4. The van der Waals surface area contributed by atoms with E-state index in [1.54, 1.807) is 11.3 Å². The highest BCUT2D eigenvalue weighted by atomic mass is 79.9. The predicted molar refractivity (Wildman–Crippen MR) is 146 cm³/mol. The van der Waals surface area contributed by atoms with E-state index in [-0.39, 0.29) is 12.1 Å². The predicted octanol–water partition coefficient (Wildman–Crippen LogP) is 5.07. The fourth-order valence-electron chi connectivity index (χ4n) is 4.33. The van der Waals surface area contributed by atoms with Gasteiger partial charge < -0.3 is 4.74 Å². The smallest absolute Gasteiger partial charge is 0.262 e. The summed E-state index contributed by atoms with van der Waals surface area (Å²) in [5.74, 6) is 0.849. The Morgan fingerprint density at radius 1 is 1.31 bits per heavy atom. The monoisotopic (exact) mass is 564 g/mol. The van der Waals surface area contributed by atoms with Gasteiger partial charge in [-0.1, -0.05) is 53.2 Å². The molecule has 1 aliphatic carbocycles. The Hall–Kier alpha value is -3.30. The van der Waals surface area contributed by atoms with Crippen LogP contribution < -0.4 is 15.7 Å². The number of hydrazone groups is 1. The number of aromatic nitrogens is 2. The summed E-state index contributed by atoms with van der Waals surface area (Å²) in [6, 6.07) is 15.5. The Balaban J connectivity index is 1.27. The summed E-state index contributed by atoms with van der Waals surface area (Å²) < 4.78 is 8.17. The molecule has 2 heterocycles. The van der Waals surface area contributed by atoms with Crippen LogP contribution in [0.5, 0.6) is 5.75 Å². The summed E-state index contributed by atoms with van der Waals surface area (Å²) in [5.41, 5.74) is 5.21. The molecule has 0 unspecified atom stereocenters. The molecular formula is C27H25BrN4O3S. The number of fused-ring (bicyclic) bond motifs is 3. The SMILES string of the molecule is C[C@H]1CCc2c(sc3ncn(CC(=O)N/N=C\c4cc(Br)ccc4OCc4ccccc4)c(=O)c23)C1. The number of benzene rings is 2. The van der Waals surface area contributed by atoms with Gasteiger partial charge in [-0.2, -0.15) is 5.10 Å². The number of hydrogen-bond donors (Lipinski definition) is 1. The van der Waals surface area contributed by atoms with Crippen LogP contribution in [0.4, 0.5) is 0 Å². The van der Waals surface area contributed by atoms with Crippen molar-refractivity contribution in [3.63, 3.8) is 0 Å². The summed E-state index contributed by atoms with van der Waals surface area (Å²) in [6.07, 6.45) is 5.91. The summed E-state index contributed by atoms with van der Waals surface area (Å²) in [7, 11) is 0. The lowest BCUT2D eigenvalue weighted by Gasteiger charge is -2.17. The maximum atomic E-state index is 13.1. The van der Waals surface area contributed by atoms with Gasteiger partial charge in [-0.25, -0.2) is 10.4 Å². The lowest BCUT2D eigenvalue weighted by atomic mass is 9.89. The third-order valence-electron chi connectivity index (χ3n) is 6.20. The molecular weight excluding hydrogens is 540 g/mol. The molecule has 2 aromatic heterocycles. The standard InChI is InChI=1S/C27H25BrN4O3S/c1-17-7-9-21-23(11-17)36-26-25(21)27(34)32(16-29-26)14-24(33)31-30-13-19-12-20(28)8-10-22(19)35-15-18-5-3-2-4-6-18/h2-6,8,10,12-13,16-17H,7,9,11,14-15H2,1H3,(H,31,33)/b30-13-/t17-/m0/s1. The molecule has 0 spiro atoms. The molecule has 36 heavy (non-hydrogen) atoms. The second kappa shape index (κ2) is 10.8. The van der Waals surface area contributed by atoms with Crippen molar-refractivity contribution < 1.29 is 9.53 Å². The molecule has 0 radical (unpaired) electrons. The maximum absolute atomic E-state index is 13.1. The third kappa shape index (κ3) is 5.42. The van der Waals surface area contributed by atoms with Gasteiger partial charge in [0, 0.05) is 14.9 Å². The minimum atomic E-state index is -0.408. The number of halogens is 1. The van der Waals surface area contributed by atoms with E-state index in [9.17, 15) is 9.59 Å². The topological polar surface area (TPSA) is 85.6 Å². The minimum absolute atomic E-state index is 0.157. The van der Waals surface area contributed by atoms with Crippen molar-refractivity contribution in [1.29, 1.82) is 0 Å². The van der Waals surface area contributed by atoms with Crippen LogP contribution >= 0.6 is 27.3 Å². The normalized spacial score (nSPS) is 15.2. The average Bonchev–Trinajstić information content (AvgIpc) is 3.24. The number of nitrogens with zero attached hydrogens (tertiary/aromatic N) is 3. The lowest BCUT2D eigenvalue weighted by molar-refractivity contribution is -0.121. The van der Waals surface area contributed by atoms with E-state index in [0.717, 1.165) is 39.7 Å². The van der Waals surface area contributed by atoms with Gasteiger partial charge in [0.15, 0.2) is 0 Å². The largest absolute Gasteiger partial charge is 0.488 e. The lowest BCUT2D eigenvalue weighted by Crippen LogP contribution is -2.30. The minimum Gasteiger partial charge on any atom is -0.488 e. The molecule has 1 N–H and O–H groups in total. The zero-order valence-electron chi connectivity index (χ0n) is 19.7. The van der Waals surface area contributed by atoms with Crippen LogP contribution in [-0.2, 0) is 30.8 Å². The molecule has 0 saturated carbocycles. The van der Waals surface area contributed by atoms with Gasteiger partial charge in [0.25, 0.3) is 11.5 Å². The van der Waals surface area contributed by atoms with Crippen LogP contribution in [0.2, 0.25) is 0 Å². The van der Waals surface area contributed by atoms with Gasteiger partial charge in [0.2, 0.25) is 0 Å². The van der Waals surface area contributed by atoms with Gasteiger partial charge in [-0.05, 0) is 54.5 Å². The Labute approximate surface area is 221 Å². The zero-order valence-corrected chi connectivity index (χ0v) is 22.1. The number of carbonyl (C=O) groups is 1. The second-order valence-corrected chi connectivity index (χ2v) is 11.0. The Morgan fingerprint density at radius 3 is 2.97 bits per heavy atom. The van der Waals surface area contributed by atoms with Crippen LogP contribution in [0.15, 0.2) is 69.2 Å². The number of amides is 1. The molecule has 0 bridgehead atoms. The molecule has 184 valence electrons. The maximum Gasteiger partial charge on any atom is 0.262 e. The van der Waals surface area contributed by atoms with Crippen molar-refractivity contribution >= 4 is 49.6 Å². The van der Waals surface area contributed by atoms with Crippen LogP contribution in [0.1, 0.15) is 34.9 Å². The highest BCUT2D eigenvalue weighted by Crippen LogP contribution is 2.35. The molecule has 1 aliphatic rings. The molecule has 4 aromatic rings. The van der Waals surface area contributed by atoms with E-state index >= 15 is 0 Å². The number of carbonyl (C=O) groups excluding carboxylic acids is 1. The van der Waals surface area contributed by atoms with Gasteiger partial charge >= 0.3 is 0 Å². The van der Waals surface area contributed by atoms with E-state index in [0.29, 0.717) is 29.2 Å². The quantitative estimate of drug-likeness (QED) is 0.250. The first-order chi connectivity index (χ1) is 17.5. The van der Waals surface area contributed by atoms with Crippen LogP contribution in [0.3, 0.4) is 0 Å². The highest BCUT2D eigenvalue weighted by Gasteiger charge is 2.23. The average molecular weight is 565 g/mol. The van der Waals surface area contributed by atoms with Crippen molar-refractivity contribution in [3.8, 4) is 5.75 Å². The van der Waals surface area contributed by atoms with E-state index in [1.807, 2.05) is 48.5 Å². The molecule has 2 aromatic carbocycles.